The van der Waals surface area contributed by atoms with Crippen molar-refractivity contribution in [2.75, 3.05) is 13.8 Å². The summed E-state index contributed by atoms with van der Waals surface area (Å²) in [7, 11) is 1.66. The smallest absolute Gasteiger partial charge is 0.135 e. The minimum atomic E-state index is 0.617. The molecule has 0 aromatic carbocycles. The van der Waals surface area contributed by atoms with Gasteiger partial charge in [0.2, 0.25) is 0 Å². The Morgan fingerprint density at radius 3 is 2.55 bits per heavy atom. The van der Waals surface area contributed by atoms with Crippen molar-refractivity contribution in [2.45, 2.75) is 20.8 Å². The molecule has 0 unspecified atom stereocenters. The van der Waals surface area contributed by atoms with Gasteiger partial charge < -0.3 is 0 Å². The van der Waals surface area contributed by atoms with Crippen molar-refractivity contribution in [3.8, 4) is 0 Å². The molecule has 0 fully saturated rings. The highest BCUT2D eigenvalue weighted by Crippen LogP contribution is 2.15. The van der Waals surface area contributed by atoms with Crippen LogP contribution < -0.4 is 0 Å². The number of hydroxylamine groups is 2. The molecule has 1 heterocycles. The molecule has 0 saturated carbocycles. The predicted molar refractivity (Wildman–Crippen MR) is 45.2 cm³/mol. The lowest BCUT2D eigenvalue weighted by atomic mass is 10.1. The summed E-state index contributed by atoms with van der Waals surface area (Å²) in [5.74, 6) is 0. The first kappa shape index (κ1) is 8.27. The van der Waals surface area contributed by atoms with E-state index in [4.69, 9.17) is 4.84 Å². The number of hydrogen-bond donors (Lipinski definition) is 0. The Morgan fingerprint density at radius 1 is 1.36 bits per heavy atom. The molecule has 11 heavy (non-hydrogen) atoms. The molecule has 0 amide bonds. The van der Waals surface area contributed by atoms with Crippen LogP contribution in [-0.2, 0) is 4.84 Å². The second-order valence-electron chi connectivity index (χ2n) is 2.66. The van der Waals surface area contributed by atoms with Crippen LogP contribution in [0.1, 0.15) is 20.8 Å². The zero-order chi connectivity index (χ0) is 8.43. The molecule has 0 saturated heterocycles. The zero-order valence-electron chi connectivity index (χ0n) is 7.51. The number of allylic oxidation sites excluding steroid dienone is 2. The van der Waals surface area contributed by atoms with Crippen molar-refractivity contribution in [1.82, 2.24) is 5.06 Å². The largest absolute Gasteiger partial charge is 0.275 e. The van der Waals surface area contributed by atoms with E-state index in [1.54, 1.807) is 12.2 Å². The lowest BCUT2D eigenvalue weighted by Crippen LogP contribution is -2.26. The van der Waals surface area contributed by atoms with Crippen molar-refractivity contribution in [3.05, 3.63) is 11.3 Å². The summed E-state index contributed by atoms with van der Waals surface area (Å²) in [5, 5.41) is 1.78. The third-order valence-corrected chi connectivity index (χ3v) is 2.12. The van der Waals surface area contributed by atoms with Gasteiger partial charge in [0.15, 0.2) is 0 Å². The van der Waals surface area contributed by atoms with Crippen molar-refractivity contribution in [2.24, 2.45) is 4.99 Å². The van der Waals surface area contributed by atoms with Gasteiger partial charge in [-0.3, -0.25) is 9.83 Å². The highest BCUT2D eigenvalue weighted by molar-refractivity contribution is 5.98. The molecule has 0 bridgehead atoms. The van der Waals surface area contributed by atoms with E-state index in [-0.39, 0.29) is 0 Å². The average Bonchev–Trinajstić information content (AvgIpc) is 2.01. The van der Waals surface area contributed by atoms with Gasteiger partial charge in [-0.05, 0) is 26.3 Å². The van der Waals surface area contributed by atoms with Crippen molar-refractivity contribution >= 4 is 5.71 Å². The second-order valence-corrected chi connectivity index (χ2v) is 2.66. The average molecular weight is 154 g/mol. The molecular formula is C8H14N2O. The fourth-order valence-electron chi connectivity index (χ4n) is 1.04. The van der Waals surface area contributed by atoms with Crippen LogP contribution in [0.15, 0.2) is 16.3 Å². The van der Waals surface area contributed by atoms with E-state index < -0.39 is 0 Å². The summed E-state index contributed by atoms with van der Waals surface area (Å²) in [6.45, 7) is 6.73. The fraction of sp³-hybridized carbons (Fsp3) is 0.625. The molecule has 0 atom stereocenters. The fourth-order valence-corrected chi connectivity index (χ4v) is 1.04. The molecule has 0 aliphatic carbocycles. The van der Waals surface area contributed by atoms with Crippen LogP contribution in [0.2, 0.25) is 0 Å². The van der Waals surface area contributed by atoms with Crippen LogP contribution >= 0.6 is 0 Å². The Hall–Kier alpha value is -0.830. The third kappa shape index (κ3) is 1.43. The first-order valence-corrected chi connectivity index (χ1v) is 3.67. The summed E-state index contributed by atoms with van der Waals surface area (Å²) >= 11 is 0. The molecule has 0 spiro atoms. The van der Waals surface area contributed by atoms with Gasteiger partial charge >= 0.3 is 0 Å². The number of rotatable bonds is 1. The summed E-state index contributed by atoms with van der Waals surface area (Å²) in [4.78, 5) is 9.36. The van der Waals surface area contributed by atoms with Gasteiger partial charge in [-0.2, -0.15) is 0 Å². The molecule has 0 aromatic heterocycles. The van der Waals surface area contributed by atoms with Crippen LogP contribution in [0.25, 0.3) is 0 Å². The van der Waals surface area contributed by atoms with Crippen molar-refractivity contribution in [1.29, 1.82) is 0 Å². The van der Waals surface area contributed by atoms with Gasteiger partial charge in [0.25, 0.3) is 0 Å². The second kappa shape index (κ2) is 3.05. The molecule has 3 heteroatoms. The van der Waals surface area contributed by atoms with Gasteiger partial charge in [-0.15, -0.1) is 0 Å². The van der Waals surface area contributed by atoms with E-state index in [1.165, 1.54) is 5.57 Å². The maximum Gasteiger partial charge on any atom is 0.135 e. The molecule has 62 valence electrons. The van der Waals surface area contributed by atoms with Crippen molar-refractivity contribution in [3.63, 3.8) is 0 Å². The first-order chi connectivity index (χ1) is 5.16. The van der Waals surface area contributed by atoms with E-state index in [0.717, 1.165) is 11.4 Å². The van der Waals surface area contributed by atoms with Gasteiger partial charge in [0, 0.05) is 11.4 Å². The first-order valence-electron chi connectivity index (χ1n) is 3.67. The normalized spacial score (nSPS) is 18.9. The molecular weight excluding hydrogens is 140 g/mol. The summed E-state index contributed by atoms with van der Waals surface area (Å²) in [6.07, 6.45) is 0. The molecule has 1 rings (SSSR count). The Morgan fingerprint density at radius 2 is 2.00 bits per heavy atom. The molecule has 0 radical (unpaired) electrons. The minimum absolute atomic E-state index is 0.617. The van der Waals surface area contributed by atoms with E-state index in [9.17, 15) is 0 Å². The topological polar surface area (TPSA) is 24.8 Å². The Bertz CT molecular complexity index is 218. The Balaban J connectivity index is 2.88. The molecule has 1 aliphatic rings. The minimum Gasteiger partial charge on any atom is -0.275 e. The number of nitrogens with zero attached hydrogens (tertiary/aromatic N) is 2. The molecule has 3 nitrogen and oxygen atoms in total. The van der Waals surface area contributed by atoms with Gasteiger partial charge in [-0.1, -0.05) is 0 Å². The highest BCUT2D eigenvalue weighted by Gasteiger charge is 2.13. The van der Waals surface area contributed by atoms with E-state index >= 15 is 0 Å². The number of hydrogen-bond acceptors (Lipinski definition) is 3. The lowest BCUT2D eigenvalue weighted by molar-refractivity contribution is -0.0992. The maximum atomic E-state index is 5.09. The van der Waals surface area contributed by atoms with Gasteiger partial charge in [0.1, 0.15) is 6.67 Å². The quantitative estimate of drug-likeness (QED) is 0.572. The molecule has 0 aromatic rings. The van der Waals surface area contributed by atoms with E-state index in [2.05, 4.69) is 11.9 Å². The highest BCUT2D eigenvalue weighted by atomic mass is 16.7. The van der Waals surface area contributed by atoms with E-state index in [1.807, 2.05) is 13.8 Å². The third-order valence-electron chi connectivity index (χ3n) is 2.12. The maximum absolute atomic E-state index is 5.09. The summed E-state index contributed by atoms with van der Waals surface area (Å²) < 4.78 is 0. The summed E-state index contributed by atoms with van der Waals surface area (Å²) in [6, 6.07) is 0. The zero-order valence-corrected chi connectivity index (χ0v) is 7.51. The van der Waals surface area contributed by atoms with Crippen LogP contribution in [0.5, 0.6) is 0 Å². The standard InChI is InChI=1S/C8H14N2O/c1-6-7(2)9-5-10(11-4)8(6)3/h5H2,1-4H3. The number of aliphatic imine (C=N–C) groups is 1. The monoisotopic (exact) mass is 154 g/mol. The Labute approximate surface area is 67.3 Å². The lowest BCUT2D eigenvalue weighted by Gasteiger charge is -2.26. The SMILES string of the molecule is CON1CN=C(C)C(C)=C1C. The van der Waals surface area contributed by atoms with Gasteiger partial charge in [0.05, 0.1) is 7.11 Å². The van der Waals surface area contributed by atoms with Gasteiger partial charge in [-0.25, -0.2) is 5.06 Å². The van der Waals surface area contributed by atoms with Crippen LogP contribution in [0, 0.1) is 0 Å². The van der Waals surface area contributed by atoms with Crippen LogP contribution in [0.3, 0.4) is 0 Å². The Kier molecular flexibility index (Phi) is 2.29. The van der Waals surface area contributed by atoms with Crippen molar-refractivity contribution < 1.29 is 4.84 Å². The van der Waals surface area contributed by atoms with Crippen LogP contribution in [-0.4, -0.2) is 24.6 Å². The molecule has 1 aliphatic heterocycles. The molecule has 0 N–H and O–H groups in total. The van der Waals surface area contributed by atoms with Crippen LogP contribution in [0.4, 0.5) is 0 Å². The van der Waals surface area contributed by atoms with E-state index in [0.29, 0.717) is 6.67 Å². The predicted octanol–water partition coefficient (Wildman–Crippen LogP) is 1.58. The summed E-state index contributed by atoms with van der Waals surface area (Å²) in [5.41, 5.74) is 3.47.